The molecule has 3 N–H and O–H groups in total. The Balaban J connectivity index is 1.89. The Morgan fingerprint density at radius 1 is 1.14 bits per heavy atom. The molecule has 0 saturated carbocycles. The zero-order chi connectivity index (χ0) is 15.2. The number of benzene rings is 2. The number of aryl methyl sites for hydroxylation is 2. The van der Waals surface area contributed by atoms with Crippen molar-refractivity contribution in [3.8, 4) is 0 Å². The molecule has 0 heterocycles. The average molecular weight is 284 g/mol. The molecule has 0 radical (unpaired) electrons. The van der Waals surface area contributed by atoms with E-state index in [2.05, 4.69) is 10.6 Å². The van der Waals surface area contributed by atoms with Crippen molar-refractivity contribution in [1.82, 2.24) is 5.32 Å². The van der Waals surface area contributed by atoms with Crippen LogP contribution in [0.1, 0.15) is 22.8 Å². The SMILES string of the molecule is Cc1ccc(C)c(NC(=O)NC[C@H](O)c2ccccc2)c1. The second-order valence-electron chi connectivity index (χ2n) is 5.08. The summed E-state index contributed by atoms with van der Waals surface area (Å²) in [4.78, 5) is 11.9. The first-order valence-electron chi connectivity index (χ1n) is 6.91. The van der Waals surface area contributed by atoms with Crippen molar-refractivity contribution in [2.75, 3.05) is 11.9 Å². The predicted octanol–water partition coefficient (Wildman–Crippen LogP) is 3.16. The van der Waals surface area contributed by atoms with Crippen molar-refractivity contribution >= 4 is 11.7 Å². The van der Waals surface area contributed by atoms with Gasteiger partial charge in [0, 0.05) is 12.2 Å². The monoisotopic (exact) mass is 284 g/mol. The first kappa shape index (κ1) is 15.1. The third-order valence-corrected chi connectivity index (χ3v) is 3.28. The largest absolute Gasteiger partial charge is 0.387 e. The minimum Gasteiger partial charge on any atom is -0.387 e. The van der Waals surface area contributed by atoms with Crippen LogP contribution in [0, 0.1) is 13.8 Å². The highest BCUT2D eigenvalue weighted by molar-refractivity contribution is 5.90. The number of hydrogen-bond acceptors (Lipinski definition) is 2. The standard InChI is InChI=1S/C17H20N2O2/c1-12-8-9-13(2)15(10-12)19-17(21)18-11-16(20)14-6-4-3-5-7-14/h3-10,16,20H,11H2,1-2H3,(H2,18,19,21)/t16-/m0/s1. The number of urea groups is 1. The maximum absolute atomic E-state index is 11.9. The molecule has 0 unspecified atom stereocenters. The van der Waals surface area contributed by atoms with Gasteiger partial charge in [-0.2, -0.15) is 0 Å². The lowest BCUT2D eigenvalue weighted by Crippen LogP contribution is -2.32. The third kappa shape index (κ3) is 4.33. The summed E-state index contributed by atoms with van der Waals surface area (Å²) in [6.07, 6.45) is -0.712. The molecule has 110 valence electrons. The van der Waals surface area contributed by atoms with E-state index in [9.17, 15) is 9.90 Å². The molecule has 0 aromatic heterocycles. The van der Waals surface area contributed by atoms with Crippen LogP contribution in [0.25, 0.3) is 0 Å². The molecule has 2 aromatic carbocycles. The van der Waals surface area contributed by atoms with E-state index >= 15 is 0 Å². The lowest BCUT2D eigenvalue weighted by molar-refractivity contribution is 0.175. The first-order chi connectivity index (χ1) is 10.1. The molecule has 0 bridgehead atoms. The fourth-order valence-corrected chi connectivity index (χ4v) is 2.02. The van der Waals surface area contributed by atoms with E-state index in [-0.39, 0.29) is 12.6 Å². The second kappa shape index (κ2) is 6.90. The number of nitrogens with one attached hydrogen (secondary N) is 2. The van der Waals surface area contributed by atoms with Gasteiger partial charge in [0.15, 0.2) is 0 Å². The molecule has 4 heteroatoms. The van der Waals surface area contributed by atoms with Crippen LogP contribution in [0.4, 0.5) is 10.5 Å². The normalized spacial score (nSPS) is 11.8. The molecule has 21 heavy (non-hydrogen) atoms. The summed E-state index contributed by atoms with van der Waals surface area (Å²) in [5.74, 6) is 0. The fraction of sp³-hybridized carbons (Fsp3) is 0.235. The topological polar surface area (TPSA) is 61.4 Å². The van der Waals surface area contributed by atoms with Crippen molar-refractivity contribution in [1.29, 1.82) is 0 Å². The highest BCUT2D eigenvalue weighted by Crippen LogP contribution is 2.16. The molecule has 4 nitrogen and oxygen atoms in total. The van der Waals surface area contributed by atoms with Gasteiger partial charge in [-0.3, -0.25) is 0 Å². The van der Waals surface area contributed by atoms with Crippen LogP contribution in [-0.2, 0) is 0 Å². The van der Waals surface area contributed by atoms with E-state index in [0.29, 0.717) is 0 Å². The van der Waals surface area contributed by atoms with Gasteiger partial charge in [-0.15, -0.1) is 0 Å². The number of anilines is 1. The number of carbonyl (C=O) groups excluding carboxylic acids is 1. The Kier molecular flexibility index (Phi) is 4.95. The minimum atomic E-state index is -0.712. The number of aliphatic hydroxyl groups excluding tert-OH is 1. The van der Waals surface area contributed by atoms with Crippen molar-refractivity contribution in [3.05, 3.63) is 65.2 Å². The van der Waals surface area contributed by atoms with Gasteiger partial charge >= 0.3 is 6.03 Å². The van der Waals surface area contributed by atoms with Crippen LogP contribution in [0.3, 0.4) is 0 Å². The molecule has 2 aromatic rings. The van der Waals surface area contributed by atoms with Gasteiger partial charge < -0.3 is 15.7 Å². The summed E-state index contributed by atoms with van der Waals surface area (Å²) in [7, 11) is 0. The van der Waals surface area contributed by atoms with Gasteiger partial charge in [-0.25, -0.2) is 4.79 Å². The number of rotatable bonds is 4. The Bertz CT molecular complexity index is 611. The van der Waals surface area contributed by atoms with Gasteiger partial charge in [-0.1, -0.05) is 42.5 Å². The lowest BCUT2D eigenvalue weighted by Gasteiger charge is -2.14. The second-order valence-corrected chi connectivity index (χ2v) is 5.08. The maximum atomic E-state index is 11.9. The van der Waals surface area contributed by atoms with E-state index in [4.69, 9.17) is 0 Å². The van der Waals surface area contributed by atoms with Crippen LogP contribution in [-0.4, -0.2) is 17.7 Å². The molecule has 0 aliphatic heterocycles. The first-order valence-corrected chi connectivity index (χ1v) is 6.91. The summed E-state index contributed by atoms with van der Waals surface area (Å²) < 4.78 is 0. The highest BCUT2D eigenvalue weighted by atomic mass is 16.3. The van der Waals surface area contributed by atoms with E-state index in [0.717, 1.165) is 22.4 Å². The number of hydrogen-bond donors (Lipinski definition) is 3. The van der Waals surface area contributed by atoms with E-state index in [1.54, 1.807) is 0 Å². The Morgan fingerprint density at radius 3 is 2.57 bits per heavy atom. The van der Waals surface area contributed by atoms with E-state index in [1.807, 2.05) is 62.4 Å². The zero-order valence-corrected chi connectivity index (χ0v) is 12.3. The summed E-state index contributed by atoms with van der Waals surface area (Å²) in [6, 6.07) is 14.8. The summed E-state index contributed by atoms with van der Waals surface area (Å²) in [5, 5.41) is 15.5. The van der Waals surface area contributed by atoms with Crippen molar-refractivity contribution in [3.63, 3.8) is 0 Å². The quantitative estimate of drug-likeness (QED) is 0.807. The lowest BCUT2D eigenvalue weighted by atomic mass is 10.1. The molecule has 2 rings (SSSR count). The summed E-state index contributed by atoms with van der Waals surface area (Å²) in [5.41, 5.74) is 3.64. The number of carbonyl (C=O) groups is 1. The molecular weight excluding hydrogens is 264 g/mol. The molecule has 0 aliphatic carbocycles. The van der Waals surface area contributed by atoms with Crippen LogP contribution >= 0.6 is 0 Å². The number of amides is 2. The van der Waals surface area contributed by atoms with E-state index in [1.165, 1.54) is 0 Å². The van der Waals surface area contributed by atoms with Crippen LogP contribution in [0.15, 0.2) is 48.5 Å². The average Bonchev–Trinajstić information content (AvgIpc) is 2.49. The summed E-state index contributed by atoms with van der Waals surface area (Å²) >= 11 is 0. The third-order valence-electron chi connectivity index (χ3n) is 3.28. The van der Waals surface area contributed by atoms with E-state index < -0.39 is 6.10 Å². The van der Waals surface area contributed by atoms with Crippen LogP contribution in [0.2, 0.25) is 0 Å². The Hall–Kier alpha value is -2.33. The molecule has 0 fully saturated rings. The van der Waals surface area contributed by atoms with Gasteiger partial charge in [0.05, 0.1) is 6.10 Å². The molecule has 1 atom stereocenters. The van der Waals surface area contributed by atoms with Gasteiger partial charge in [-0.05, 0) is 36.6 Å². The fourth-order valence-electron chi connectivity index (χ4n) is 2.02. The minimum absolute atomic E-state index is 0.167. The van der Waals surface area contributed by atoms with Gasteiger partial charge in [0.1, 0.15) is 0 Å². The zero-order valence-electron chi connectivity index (χ0n) is 12.3. The Labute approximate surface area is 124 Å². The summed E-state index contributed by atoms with van der Waals surface area (Å²) in [6.45, 7) is 4.08. The van der Waals surface area contributed by atoms with Crippen molar-refractivity contribution < 1.29 is 9.90 Å². The van der Waals surface area contributed by atoms with Gasteiger partial charge in [0.2, 0.25) is 0 Å². The van der Waals surface area contributed by atoms with Gasteiger partial charge in [0.25, 0.3) is 0 Å². The Morgan fingerprint density at radius 2 is 1.86 bits per heavy atom. The predicted molar refractivity (Wildman–Crippen MR) is 84.3 cm³/mol. The van der Waals surface area contributed by atoms with Crippen LogP contribution in [0.5, 0.6) is 0 Å². The molecule has 0 saturated heterocycles. The smallest absolute Gasteiger partial charge is 0.319 e. The molecule has 2 amide bonds. The molecule has 0 aliphatic rings. The number of aliphatic hydroxyl groups is 1. The van der Waals surface area contributed by atoms with Crippen molar-refractivity contribution in [2.45, 2.75) is 20.0 Å². The van der Waals surface area contributed by atoms with Crippen molar-refractivity contribution in [2.24, 2.45) is 0 Å². The molecular formula is C17H20N2O2. The van der Waals surface area contributed by atoms with Crippen LogP contribution < -0.4 is 10.6 Å². The molecule has 0 spiro atoms. The maximum Gasteiger partial charge on any atom is 0.319 e. The highest BCUT2D eigenvalue weighted by Gasteiger charge is 2.09.